The van der Waals surface area contributed by atoms with Crippen LogP contribution in [0.15, 0.2) is 6.20 Å². The highest BCUT2D eigenvalue weighted by atomic mass is 15.0. The number of nitrogens with one attached hydrogen (secondary N) is 2. The van der Waals surface area contributed by atoms with Gasteiger partial charge in [-0.05, 0) is 25.0 Å². The standard InChI is InChI=1S/C9H14N2/c1-6-3-11-7(2)9(6)8-4-10-5-8/h3,8,10-11H,4-5H2,1-2H3. The van der Waals surface area contributed by atoms with E-state index < -0.39 is 0 Å². The number of aromatic amines is 1. The summed E-state index contributed by atoms with van der Waals surface area (Å²) < 4.78 is 0. The number of hydrogen-bond acceptors (Lipinski definition) is 1. The molecule has 1 aromatic rings. The molecule has 1 saturated heterocycles. The SMILES string of the molecule is Cc1c[nH]c(C)c1C1CNC1. The fraction of sp³-hybridized carbons (Fsp3) is 0.556. The van der Waals surface area contributed by atoms with E-state index in [0.717, 1.165) is 19.0 Å². The van der Waals surface area contributed by atoms with E-state index >= 15 is 0 Å². The van der Waals surface area contributed by atoms with Crippen LogP contribution >= 0.6 is 0 Å². The van der Waals surface area contributed by atoms with Gasteiger partial charge in [0.05, 0.1) is 0 Å². The van der Waals surface area contributed by atoms with E-state index in [9.17, 15) is 0 Å². The first-order chi connectivity index (χ1) is 5.29. The summed E-state index contributed by atoms with van der Waals surface area (Å²) in [6.07, 6.45) is 2.10. The Balaban J connectivity index is 2.33. The van der Waals surface area contributed by atoms with Gasteiger partial charge in [-0.2, -0.15) is 0 Å². The molecule has 2 heterocycles. The zero-order valence-electron chi connectivity index (χ0n) is 7.07. The Labute approximate surface area is 67.0 Å². The van der Waals surface area contributed by atoms with Gasteiger partial charge in [-0.25, -0.2) is 0 Å². The van der Waals surface area contributed by atoms with Crippen molar-refractivity contribution in [1.29, 1.82) is 0 Å². The second kappa shape index (κ2) is 2.38. The predicted octanol–water partition coefficient (Wildman–Crippen LogP) is 1.32. The summed E-state index contributed by atoms with van der Waals surface area (Å²) in [7, 11) is 0. The molecular formula is C9H14N2. The zero-order chi connectivity index (χ0) is 7.84. The van der Waals surface area contributed by atoms with Crippen LogP contribution < -0.4 is 5.32 Å². The fourth-order valence-corrected chi connectivity index (χ4v) is 1.79. The van der Waals surface area contributed by atoms with E-state index in [1.807, 2.05) is 0 Å². The molecule has 0 radical (unpaired) electrons. The van der Waals surface area contributed by atoms with E-state index in [-0.39, 0.29) is 0 Å². The summed E-state index contributed by atoms with van der Waals surface area (Å²) in [6, 6.07) is 0. The van der Waals surface area contributed by atoms with Gasteiger partial charge in [0.1, 0.15) is 0 Å². The first-order valence-electron chi connectivity index (χ1n) is 4.14. The van der Waals surface area contributed by atoms with Crippen LogP contribution in [0.25, 0.3) is 0 Å². The molecule has 60 valence electrons. The summed E-state index contributed by atoms with van der Waals surface area (Å²) >= 11 is 0. The van der Waals surface area contributed by atoms with Crippen molar-refractivity contribution in [2.24, 2.45) is 0 Å². The molecule has 0 saturated carbocycles. The number of H-pyrrole nitrogens is 1. The van der Waals surface area contributed by atoms with Crippen LogP contribution in [0.4, 0.5) is 0 Å². The Hall–Kier alpha value is -0.760. The van der Waals surface area contributed by atoms with E-state index in [1.54, 1.807) is 0 Å². The molecule has 1 aromatic heterocycles. The van der Waals surface area contributed by atoms with Crippen molar-refractivity contribution in [1.82, 2.24) is 10.3 Å². The molecular weight excluding hydrogens is 136 g/mol. The molecule has 1 fully saturated rings. The quantitative estimate of drug-likeness (QED) is 0.621. The van der Waals surface area contributed by atoms with Crippen molar-refractivity contribution in [2.45, 2.75) is 19.8 Å². The Morgan fingerprint density at radius 1 is 1.36 bits per heavy atom. The highest BCUT2D eigenvalue weighted by Crippen LogP contribution is 2.25. The summed E-state index contributed by atoms with van der Waals surface area (Å²) in [5, 5.41) is 3.29. The van der Waals surface area contributed by atoms with Crippen molar-refractivity contribution < 1.29 is 0 Å². The van der Waals surface area contributed by atoms with Crippen molar-refractivity contribution in [2.75, 3.05) is 13.1 Å². The summed E-state index contributed by atoms with van der Waals surface area (Å²) in [6.45, 7) is 6.64. The molecule has 2 heteroatoms. The average molecular weight is 150 g/mol. The van der Waals surface area contributed by atoms with Gasteiger partial charge in [-0.15, -0.1) is 0 Å². The van der Waals surface area contributed by atoms with Gasteiger partial charge < -0.3 is 10.3 Å². The van der Waals surface area contributed by atoms with Crippen LogP contribution in [0.5, 0.6) is 0 Å². The maximum atomic E-state index is 3.29. The third kappa shape index (κ3) is 0.979. The number of aromatic nitrogens is 1. The van der Waals surface area contributed by atoms with Gasteiger partial charge in [0, 0.05) is 30.9 Å². The molecule has 1 aliphatic rings. The lowest BCUT2D eigenvalue weighted by atomic mass is 9.91. The van der Waals surface area contributed by atoms with Gasteiger partial charge in [-0.3, -0.25) is 0 Å². The molecule has 0 unspecified atom stereocenters. The van der Waals surface area contributed by atoms with Crippen molar-refractivity contribution in [3.8, 4) is 0 Å². The van der Waals surface area contributed by atoms with E-state index in [4.69, 9.17) is 0 Å². The Morgan fingerprint density at radius 2 is 2.09 bits per heavy atom. The second-order valence-corrected chi connectivity index (χ2v) is 3.37. The maximum absolute atomic E-state index is 3.29. The van der Waals surface area contributed by atoms with E-state index in [2.05, 4.69) is 30.3 Å². The van der Waals surface area contributed by atoms with Gasteiger partial charge in [0.15, 0.2) is 0 Å². The number of rotatable bonds is 1. The van der Waals surface area contributed by atoms with Crippen LogP contribution in [0, 0.1) is 13.8 Å². The molecule has 2 rings (SSSR count). The molecule has 0 atom stereocenters. The molecule has 0 aliphatic carbocycles. The Bertz CT molecular complexity index is 239. The van der Waals surface area contributed by atoms with Gasteiger partial charge in [0.25, 0.3) is 0 Å². The highest BCUT2D eigenvalue weighted by Gasteiger charge is 2.22. The van der Waals surface area contributed by atoms with E-state index in [1.165, 1.54) is 16.8 Å². The number of aryl methyl sites for hydroxylation is 2. The minimum absolute atomic E-state index is 0.765. The summed E-state index contributed by atoms with van der Waals surface area (Å²) in [5.74, 6) is 0.765. The molecule has 2 N–H and O–H groups in total. The van der Waals surface area contributed by atoms with Crippen molar-refractivity contribution >= 4 is 0 Å². The Morgan fingerprint density at radius 3 is 2.45 bits per heavy atom. The zero-order valence-corrected chi connectivity index (χ0v) is 7.07. The van der Waals surface area contributed by atoms with Crippen LogP contribution in [0.1, 0.15) is 22.7 Å². The largest absolute Gasteiger partial charge is 0.365 e. The van der Waals surface area contributed by atoms with Crippen molar-refractivity contribution in [3.05, 3.63) is 23.0 Å². The predicted molar refractivity (Wildman–Crippen MR) is 45.9 cm³/mol. The number of hydrogen-bond donors (Lipinski definition) is 2. The van der Waals surface area contributed by atoms with Gasteiger partial charge >= 0.3 is 0 Å². The third-order valence-electron chi connectivity index (χ3n) is 2.52. The van der Waals surface area contributed by atoms with Crippen LogP contribution in [-0.4, -0.2) is 18.1 Å². The lowest BCUT2D eigenvalue weighted by Crippen LogP contribution is -2.40. The topological polar surface area (TPSA) is 27.8 Å². The molecule has 11 heavy (non-hydrogen) atoms. The first-order valence-corrected chi connectivity index (χ1v) is 4.14. The lowest BCUT2D eigenvalue weighted by Gasteiger charge is -2.28. The fourth-order valence-electron chi connectivity index (χ4n) is 1.79. The molecule has 0 aromatic carbocycles. The van der Waals surface area contributed by atoms with Gasteiger partial charge in [-0.1, -0.05) is 0 Å². The van der Waals surface area contributed by atoms with Crippen LogP contribution in [0.2, 0.25) is 0 Å². The van der Waals surface area contributed by atoms with Crippen LogP contribution in [0.3, 0.4) is 0 Å². The average Bonchev–Trinajstić information content (AvgIpc) is 2.15. The summed E-state index contributed by atoms with van der Waals surface area (Å²) in [4.78, 5) is 3.26. The molecule has 0 amide bonds. The van der Waals surface area contributed by atoms with Crippen molar-refractivity contribution in [3.63, 3.8) is 0 Å². The highest BCUT2D eigenvalue weighted by molar-refractivity contribution is 5.34. The minimum atomic E-state index is 0.765. The first kappa shape index (κ1) is 6.92. The maximum Gasteiger partial charge on any atom is 0.0154 e. The Kier molecular flexibility index (Phi) is 1.50. The van der Waals surface area contributed by atoms with E-state index in [0.29, 0.717) is 0 Å². The summed E-state index contributed by atoms with van der Waals surface area (Å²) in [5.41, 5.74) is 4.28. The monoisotopic (exact) mass is 150 g/mol. The minimum Gasteiger partial charge on any atom is -0.365 e. The molecule has 2 nitrogen and oxygen atoms in total. The lowest BCUT2D eigenvalue weighted by molar-refractivity contribution is 0.446. The van der Waals surface area contributed by atoms with Crippen LogP contribution in [-0.2, 0) is 0 Å². The normalized spacial score (nSPS) is 18.4. The second-order valence-electron chi connectivity index (χ2n) is 3.37. The third-order valence-corrected chi connectivity index (χ3v) is 2.52. The molecule has 1 aliphatic heterocycles. The van der Waals surface area contributed by atoms with Gasteiger partial charge in [0.2, 0.25) is 0 Å². The molecule has 0 spiro atoms. The smallest absolute Gasteiger partial charge is 0.0154 e. The molecule has 0 bridgehead atoms.